The molecule has 3 rings (SSSR count). The van der Waals surface area contributed by atoms with Crippen LogP contribution in [0.15, 0.2) is 4.52 Å². The van der Waals surface area contributed by atoms with E-state index in [0.717, 1.165) is 36.3 Å². The van der Waals surface area contributed by atoms with Crippen LogP contribution in [0.25, 0.3) is 0 Å². The van der Waals surface area contributed by atoms with Gasteiger partial charge in [0.1, 0.15) is 11.5 Å². The van der Waals surface area contributed by atoms with Crippen LogP contribution in [0.4, 0.5) is 0 Å². The molecular formula is C10H14N2O3. The van der Waals surface area contributed by atoms with Crippen LogP contribution in [-0.2, 0) is 28.9 Å². The summed E-state index contributed by atoms with van der Waals surface area (Å²) in [4.78, 5) is 0. The number of hydrogen-bond acceptors (Lipinski definition) is 5. The summed E-state index contributed by atoms with van der Waals surface area (Å²) in [6.45, 7) is 1.77. The van der Waals surface area contributed by atoms with Crippen LogP contribution in [0.3, 0.4) is 0 Å². The van der Waals surface area contributed by atoms with Gasteiger partial charge in [0.2, 0.25) is 0 Å². The highest BCUT2D eigenvalue weighted by molar-refractivity contribution is 5.27. The van der Waals surface area contributed by atoms with Gasteiger partial charge in [0.05, 0.1) is 13.2 Å². The summed E-state index contributed by atoms with van der Waals surface area (Å²) in [6.07, 6.45) is 2.39. The second-order valence-corrected chi connectivity index (χ2v) is 4.02. The second-order valence-electron chi connectivity index (χ2n) is 4.02. The summed E-state index contributed by atoms with van der Waals surface area (Å²) in [5.74, 6) is 0.517. The molecule has 1 aliphatic heterocycles. The quantitative estimate of drug-likeness (QED) is 0.725. The van der Waals surface area contributed by atoms with Crippen LogP contribution in [0.2, 0.25) is 0 Å². The average Bonchev–Trinajstić information content (AvgIpc) is 2.85. The van der Waals surface area contributed by atoms with E-state index < -0.39 is 5.79 Å². The minimum absolute atomic E-state index is 0.412. The molecule has 0 saturated carbocycles. The molecule has 1 aliphatic carbocycles. The van der Waals surface area contributed by atoms with Crippen molar-refractivity contribution < 1.29 is 14.0 Å². The van der Waals surface area contributed by atoms with Crippen molar-refractivity contribution in [3.8, 4) is 0 Å². The minimum Gasteiger partial charge on any atom is -0.361 e. The molecule has 1 aromatic rings. The lowest BCUT2D eigenvalue weighted by Gasteiger charge is -2.30. The van der Waals surface area contributed by atoms with E-state index in [2.05, 4.69) is 5.16 Å². The molecule has 0 radical (unpaired) electrons. The molecule has 0 atom stereocenters. The standard InChI is InChI=1S/C10H14N2O3/c11-6-8-7-5-10(13-3-4-14-10)2-1-9(7)15-12-8/h1-6,11H2. The molecule has 0 bridgehead atoms. The van der Waals surface area contributed by atoms with Crippen LogP contribution in [-0.4, -0.2) is 24.2 Å². The largest absolute Gasteiger partial charge is 0.361 e. The fourth-order valence-corrected chi connectivity index (χ4v) is 2.34. The van der Waals surface area contributed by atoms with Crippen molar-refractivity contribution in [2.24, 2.45) is 5.73 Å². The zero-order chi connectivity index (χ0) is 10.3. The van der Waals surface area contributed by atoms with Crippen molar-refractivity contribution in [2.75, 3.05) is 13.2 Å². The van der Waals surface area contributed by atoms with Crippen molar-refractivity contribution in [2.45, 2.75) is 31.6 Å². The van der Waals surface area contributed by atoms with Gasteiger partial charge >= 0.3 is 0 Å². The summed E-state index contributed by atoms with van der Waals surface area (Å²) in [7, 11) is 0. The first-order valence-electron chi connectivity index (χ1n) is 5.27. The minimum atomic E-state index is -0.428. The van der Waals surface area contributed by atoms with Gasteiger partial charge in [-0.15, -0.1) is 0 Å². The molecule has 15 heavy (non-hydrogen) atoms. The zero-order valence-electron chi connectivity index (χ0n) is 8.49. The number of aryl methyl sites for hydroxylation is 1. The van der Waals surface area contributed by atoms with Gasteiger partial charge < -0.3 is 19.7 Å². The van der Waals surface area contributed by atoms with Gasteiger partial charge in [-0.05, 0) is 0 Å². The smallest absolute Gasteiger partial charge is 0.173 e. The molecule has 2 N–H and O–H groups in total. The Morgan fingerprint density at radius 1 is 1.33 bits per heavy atom. The van der Waals surface area contributed by atoms with E-state index in [1.807, 2.05) is 0 Å². The summed E-state index contributed by atoms with van der Waals surface area (Å²) >= 11 is 0. The van der Waals surface area contributed by atoms with Gasteiger partial charge in [-0.3, -0.25) is 0 Å². The predicted octanol–water partition coefficient (Wildman–Crippen LogP) is 0.365. The van der Waals surface area contributed by atoms with Gasteiger partial charge in [0, 0.05) is 31.4 Å². The SMILES string of the molecule is NCc1noc2c1CC1(CC2)OCCO1. The summed E-state index contributed by atoms with van der Waals surface area (Å²) in [5, 5.41) is 3.96. The Hall–Kier alpha value is -0.910. The molecule has 0 unspecified atom stereocenters. The normalized spacial score (nSPS) is 23.3. The van der Waals surface area contributed by atoms with E-state index in [0.29, 0.717) is 19.8 Å². The Kier molecular flexibility index (Phi) is 2.05. The fourth-order valence-electron chi connectivity index (χ4n) is 2.34. The van der Waals surface area contributed by atoms with E-state index in [1.54, 1.807) is 0 Å². The monoisotopic (exact) mass is 210 g/mol. The Balaban J connectivity index is 1.93. The second kappa shape index (κ2) is 3.30. The highest BCUT2D eigenvalue weighted by Gasteiger charge is 2.42. The van der Waals surface area contributed by atoms with Crippen molar-refractivity contribution in [1.29, 1.82) is 0 Å². The number of nitrogens with two attached hydrogens (primary N) is 1. The highest BCUT2D eigenvalue weighted by atomic mass is 16.7. The first kappa shape index (κ1) is 9.33. The lowest BCUT2D eigenvalue weighted by Crippen LogP contribution is -2.37. The van der Waals surface area contributed by atoms with Gasteiger partial charge in [-0.1, -0.05) is 5.16 Å². The van der Waals surface area contributed by atoms with Crippen LogP contribution >= 0.6 is 0 Å². The van der Waals surface area contributed by atoms with Gasteiger partial charge in [-0.2, -0.15) is 0 Å². The Morgan fingerprint density at radius 3 is 2.87 bits per heavy atom. The van der Waals surface area contributed by atoms with Gasteiger partial charge in [0.15, 0.2) is 5.79 Å². The molecule has 82 valence electrons. The van der Waals surface area contributed by atoms with Crippen LogP contribution < -0.4 is 5.73 Å². The first-order valence-corrected chi connectivity index (χ1v) is 5.27. The molecule has 0 aromatic carbocycles. The number of hydrogen-bond donors (Lipinski definition) is 1. The Labute approximate surface area is 87.5 Å². The molecule has 1 spiro atoms. The average molecular weight is 210 g/mol. The number of aromatic nitrogens is 1. The topological polar surface area (TPSA) is 70.5 Å². The number of nitrogens with zero attached hydrogens (tertiary/aromatic N) is 1. The molecule has 1 fully saturated rings. The van der Waals surface area contributed by atoms with E-state index in [-0.39, 0.29) is 0 Å². The van der Waals surface area contributed by atoms with E-state index >= 15 is 0 Å². The number of rotatable bonds is 1. The summed E-state index contributed by atoms with van der Waals surface area (Å²) < 4.78 is 16.6. The molecule has 2 aliphatic rings. The van der Waals surface area contributed by atoms with Crippen LogP contribution in [0, 0.1) is 0 Å². The van der Waals surface area contributed by atoms with Gasteiger partial charge in [-0.25, -0.2) is 0 Å². The Bertz CT molecular complexity index is 355. The van der Waals surface area contributed by atoms with E-state index in [9.17, 15) is 0 Å². The summed E-state index contributed by atoms with van der Waals surface area (Å²) in [5.41, 5.74) is 7.53. The molecule has 1 aromatic heterocycles. The van der Waals surface area contributed by atoms with Crippen molar-refractivity contribution in [3.63, 3.8) is 0 Å². The molecule has 2 heterocycles. The maximum absolute atomic E-state index is 5.67. The maximum Gasteiger partial charge on any atom is 0.173 e. The number of fused-ring (bicyclic) bond motifs is 1. The first-order chi connectivity index (χ1) is 7.33. The molecule has 5 heteroatoms. The highest BCUT2D eigenvalue weighted by Crippen LogP contribution is 2.36. The third-order valence-corrected chi connectivity index (χ3v) is 3.14. The lowest BCUT2D eigenvalue weighted by molar-refractivity contribution is -0.164. The fraction of sp³-hybridized carbons (Fsp3) is 0.700. The van der Waals surface area contributed by atoms with E-state index in [4.69, 9.17) is 19.7 Å². The number of ether oxygens (including phenoxy) is 2. The predicted molar refractivity (Wildman–Crippen MR) is 51.1 cm³/mol. The molecule has 5 nitrogen and oxygen atoms in total. The Morgan fingerprint density at radius 2 is 2.13 bits per heavy atom. The van der Waals surface area contributed by atoms with E-state index in [1.165, 1.54) is 0 Å². The zero-order valence-corrected chi connectivity index (χ0v) is 8.49. The van der Waals surface area contributed by atoms with Crippen molar-refractivity contribution in [3.05, 3.63) is 17.0 Å². The third-order valence-electron chi connectivity index (χ3n) is 3.14. The molecule has 0 amide bonds. The van der Waals surface area contributed by atoms with Crippen molar-refractivity contribution in [1.82, 2.24) is 5.16 Å². The maximum atomic E-state index is 5.67. The summed E-state index contributed by atoms with van der Waals surface area (Å²) in [6, 6.07) is 0. The molecular weight excluding hydrogens is 196 g/mol. The lowest BCUT2D eigenvalue weighted by atomic mass is 9.91. The third kappa shape index (κ3) is 1.39. The van der Waals surface area contributed by atoms with Gasteiger partial charge in [0.25, 0.3) is 0 Å². The van der Waals surface area contributed by atoms with Crippen molar-refractivity contribution >= 4 is 0 Å². The van der Waals surface area contributed by atoms with Crippen LogP contribution in [0.5, 0.6) is 0 Å². The van der Waals surface area contributed by atoms with Crippen LogP contribution in [0.1, 0.15) is 23.4 Å². The molecule has 1 saturated heterocycles.